The number of rotatable bonds is 8. The van der Waals surface area contributed by atoms with E-state index in [4.69, 9.17) is 37.4 Å². The molecule has 2 aromatic carbocycles. The minimum absolute atomic E-state index is 0.135. The fourth-order valence-corrected chi connectivity index (χ4v) is 3.93. The van der Waals surface area contributed by atoms with Gasteiger partial charge >= 0.3 is 5.97 Å². The quantitative estimate of drug-likeness (QED) is 0.597. The van der Waals surface area contributed by atoms with Crippen molar-refractivity contribution in [2.24, 2.45) is 0 Å². The number of carbonyl (C=O) groups excluding carboxylic acids is 2. The molecule has 2 aromatic rings. The number of esters is 1. The molecule has 0 saturated carbocycles. The summed E-state index contributed by atoms with van der Waals surface area (Å²) in [6.07, 6.45) is 0. The molecular weight excluding hydrogens is 425 g/mol. The Bertz CT molecular complexity index is 855. The van der Waals surface area contributed by atoms with E-state index in [-0.39, 0.29) is 22.9 Å². The van der Waals surface area contributed by atoms with Crippen LogP contribution in [0, 0.1) is 0 Å². The summed E-state index contributed by atoms with van der Waals surface area (Å²) in [5.74, 6) is 0.431. The van der Waals surface area contributed by atoms with Gasteiger partial charge in [-0.05, 0) is 17.7 Å². The fraction of sp³-hybridized carbons (Fsp3) is 0.263. The molecule has 1 N–H and O–H groups in total. The third-order valence-corrected chi connectivity index (χ3v) is 5.41. The van der Waals surface area contributed by atoms with Crippen LogP contribution in [0.2, 0.25) is 10.0 Å². The summed E-state index contributed by atoms with van der Waals surface area (Å²) in [6.45, 7) is 0. The molecule has 9 heteroatoms. The molecule has 1 amide bonds. The van der Waals surface area contributed by atoms with Crippen LogP contribution in [0.1, 0.15) is 15.9 Å². The third-order valence-electron chi connectivity index (χ3n) is 3.74. The summed E-state index contributed by atoms with van der Waals surface area (Å²) in [4.78, 5) is 24.4. The van der Waals surface area contributed by atoms with Crippen molar-refractivity contribution >= 4 is 52.5 Å². The highest BCUT2D eigenvalue weighted by molar-refractivity contribution is 7.99. The zero-order valence-electron chi connectivity index (χ0n) is 15.5. The van der Waals surface area contributed by atoms with E-state index in [1.54, 1.807) is 18.2 Å². The van der Waals surface area contributed by atoms with Gasteiger partial charge in [-0.2, -0.15) is 0 Å². The van der Waals surface area contributed by atoms with Gasteiger partial charge in [0.25, 0.3) is 0 Å². The maximum absolute atomic E-state index is 12.4. The number of hydrogen-bond donors (Lipinski definition) is 1. The number of amides is 1. The molecule has 0 aliphatic heterocycles. The van der Waals surface area contributed by atoms with E-state index < -0.39 is 5.97 Å². The van der Waals surface area contributed by atoms with Crippen molar-refractivity contribution in [3.05, 3.63) is 51.5 Å². The van der Waals surface area contributed by atoms with Crippen LogP contribution in [-0.4, -0.2) is 39.0 Å². The lowest BCUT2D eigenvalue weighted by atomic mass is 10.1. The Balaban J connectivity index is 2.11. The lowest BCUT2D eigenvalue weighted by Crippen LogP contribution is -2.17. The van der Waals surface area contributed by atoms with Crippen molar-refractivity contribution in [1.82, 2.24) is 0 Å². The van der Waals surface area contributed by atoms with Gasteiger partial charge in [-0.1, -0.05) is 29.3 Å². The van der Waals surface area contributed by atoms with Crippen molar-refractivity contribution in [1.29, 1.82) is 0 Å². The largest absolute Gasteiger partial charge is 0.493 e. The van der Waals surface area contributed by atoms with Crippen LogP contribution in [-0.2, 0) is 15.3 Å². The van der Waals surface area contributed by atoms with E-state index in [1.807, 2.05) is 0 Å². The molecule has 0 aliphatic carbocycles. The van der Waals surface area contributed by atoms with E-state index >= 15 is 0 Å². The first-order valence-electron chi connectivity index (χ1n) is 8.06. The summed E-state index contributed by atoms with van der Waals surface area (Å²) >= 11 is 13.6. The molecule has 0 aromatic heterocycles. The zero-order valence-corrected chi connectivity index (χ0v) is 17.8. The molecule has 28 heavy (non-hydrogen) atoms. The third kappa shape index (κ3) is 5.47. The maximum atomic E-state index is 12.4. The second kappa shape index (κ2) is 10.5. The molecule has 0 atom stereocenters. The number of methoxy groups -OCH3 is 3. The Hall–Kier alpha value is -2.09. The van der Waals surface area contributed by atoms with Gasteiger partial charge in [0.2, 0.25) is 5.91 Å². The van der Waals surface area contributed by atoms with Crippen molar-refractivity contribution < 1.29 is 23.8 Å². The molecular formula is C19H19Cl2NO5S. The van der Waals surface area contributed by atoms with Gasteiger partial charge in [0.1, 0.15) is 0 Å². The van der Waals surface area contributed by atoms with Crippen LogP contribution in [0.3, 0.4) is 0 Å². The highest BCUT2D eigenvalue weighted by atomic mass is 35.5. The van der Waals surface area contributed by atoms with Gasteiger partial charge in [0.15, 0.2) is 11.5 Å². The Morgan fingerprint density at radius 3 is 2.21 bits per heavy atom. The molecule has 0 heterocycles. The molecule has 0 fully saturated rings. The first-order valence-corrected chi connectivity index (χ1v) is 9.97. The van der Waals surface area contributed by atoms with Crippen molar-refractivity contribution in [2.75, 3.05) is 32.4 Å². The summed E-state index contributed by atoms with van der Waals surface area (Å²) in [5, 5.41) is 3.80. The van der Waals surface area contributed by atoms with Gasteiger partial charge in [-0.15, -0.1) is 11.8 Å². The summed E-state index contributed by atoms with van der Waals surface area (Å²) in [5.41, 5.74) is 1.20. The van der Waals surface area contributed by atoms with Crippen molar-refractivity contribution in [3.8, 4) is 11.5 Å². The van der Waals surface area contributed by atoms with Crippen molar-refractivity contribution in [3.63, 3.8) is 0 Å². The maximum Gasteiger partial charge on any atom is 0.340 e. The first-order chi connectivity index (χ1) is 13.4. The standard InChI is InChI=1S/C19H19Cl2NO5S/c1-25-16-7-11(19(24)27-3)15(8-17(16)26-2)22-18(23)10-28-9-12-13(20)5-4-6-14(12)21/h4-8H,9-10H2,1-3H3,(H,22,23). The fourth-order valence-electron chi connectivity index (χ4n) is 2.36. The molecule has 0 aliphatic rings. The summed E-state index contributed by atoms with van der Waals surface area (Å²) in [7, 11) is 4.17. The highest BCUT2D eigenvalue weighted by Crippen LogP contribution is 2.34. The Morgan fingerprint density at radius 2 is 1.64 bits per heavy atom. The van der Waals surface area contributed by atoms with Crippen LogP contribution >= 0.6 is 35.0 Å². The number of halogens is 2. The van der Waals surface area contributed by atoms with E-state index in [1.165, 1.54) is 45.2 Å². The minimum atomic E-state index is -0.605. The van der Waals surface area contributed by atoms with Crippen LogP contribution < -0.4 is 14.8 Å². The van der Waals surface area contributed by atoms with E-state index in [2.05, 4.69) is 5.32 Å². The van der Waals surface area contributed by atoms with Crippen molar-refractivity contribution in [2.45, 2.75) is 5.75 Å². The second-order valence-corrected chi connectivity index (χ2v) is 7.29. The molecule has 6 nitrogen and oxygen atoms in total. The van der Waals surface area contributed by atoms with Gasteiger partial charge < -0.3 is 19.5 Å². The average Bonchev–Trinajstić information content (AvgIpc) is 2.69. The zero-order chi connectivity index (χ0) is 20.7. The molecule has 0 unspecified atom stereocenters. The lowest BCUT2D eigenvalue weighted by Gasteiger charge is -2.14. The number of nitrogens with one attached hydrogen (secondary N) is 1. The molecule has 0 saturated heterocycles. The molecule has 0 spiro atoms. The number of anilines is 1. The predicted octanol–water partition coefficient (Wildman–Crippen LogP) is 4.67. The Kier molecular flexibility index (Phi) is 8.29. The first kappa shape index (κ1) is 22.2. The number of hydrogen-bond acceptors (Lipinski definition) is 6. The average molecular weight is 444 g/mol. The SMILES string of the molecule is COC(=O)c1cc(OC)c(OC)cc1NC(=O)CSCc1c(Cl)cccc1Cl. The molecule has 2 rings (SSSR count). The molecule has 150 valence electrons. The van der Waals surface area contributed by atoms with Crippen LogP contribution in [0.15, 0.2) is 30.3 Å². The van der Waals surface area contributed by atoms with E-state index in [9.17, 15) is 9.59 Å². The van der Waals surface area contributed by atoms with Gasteiger partial charge in [0, 0.05) is 27.9 Å². The molecule has 0 radical (unpaired) electrons. The van der Waals surface area contributed by atoms with Gasteiger partial charge in [-0.25, -0.2) is 4.79 Å². The number of carbonyl (C=O) groups is 2. The normalized spacial score (nSPS) is 10.3. The van der Waals surface area contributed by atoms with Gasteiger partial charge in [0.05, 0.1) is 38.3 Å². The van der Waals surface area contributed by atoms with Crippen LogP contribution in [0.5, 0.6) is 11.5 Å². The number of thioether (sulfide) groups is 1. The Labute approximate surface area is 177 Å². The monoisotopic (exact) mass is 443 g/mol. The second-order valence-electron chi connectivity index (χ2n) is 5.49. The molecule has 0 bridgehead atoms. The van der Waals surface area contributed by atoms with E-state index in [0.717, 1.165) is 5.56 Å². The van der Waals surface area contributed by atoms with Crippen LogP contribution in [0.25, 0.3) is 0 Å². The smallest absolute Gasteiger partial charge is 0.340 e. The number of benzene rings is 2. The lowest BCUT2D eigenvalue weighted by molar-refractivity contribution is -0.113. The number of ether oxygens (including phenoxy) is 3. The highest BCUT2D eigenvalue weighted by Gasteiger charge is 2.19. The Morgan fingerprint density at radius 1 is 1.04 bits per heavy atom. The van der Waals surface area contributed by atoms with Gasteiger partial charge in [-0.3, -0.25) is 4.79 Å². The minimum Gasteiger partial charge on any atom is -0.493 e. The van der Waals surface area contributed by atoms with E-state index in [0.29, 0.717) is 27.3 Å². The predicted molar refractivity (Wildman–Crippen MR) is 112 cm³/mol. The summed E-state index contributed by atoms with van der Waals surface area (Å²) in [6, 6.07) is 8.22. The van der Waals surface area contributed by atoms with Crippen LogP contribution in [0.4, 0.5) is 5.69 Å². The topological polar surface area (TPSA) is 73.9 Å². The summed E-state index contributed by atoms with van der Waals surface area (Å²) < 4.78 is 15.2.